The summed E-state index contributed by atoms with van der Waals surface area (Å²) in [6.07, 6.45) is 3.52. The molecule has 0 atom stereocenters. The fourth-order valence-corrected chi connectivity index (χ4v) is 1.46. The lowest BCUT2D eigenvalue weighted by atomic mass is 9.97. The molecule has 0 aromatic carbocycles. The van der Waals surface area contributed by atoms with E-state index in [1.54, 1.807) is 0 Å². The van der Waals surface area contributed by atoms with E-state index in [0.717, 1.165) is 30.7 Å². The van der Waals surface area contributed by atoms with Gasteiger partial charge in [-0.15, -0.1) is 0 Å². The summed E-state index contributed by atoms with van der Waals surface area (Å²) in [6.45, 7) is 0. The van der Waals surface area contributed by atoms with Crippen molar-refractivity contribution in [3.05, 3.63) is 0 Å². The van der Waals surface area contributed by atoms with Gasteiger partial charge in [-0.3, -0.25) is 10.9 Å². The largest absolute Gasteiger partial charge is 0.375 e. The minimum atomic E-state index is 0.165. The number of hydrogen-bond acceptors (Lipinski definition) is 4. The van der Waals surface area contributed by atoms with E-state index in [2.05, 4.69) is 45.5 Å². The van der Waals surface area contributed by atoms with E-state index < -0.39 is 0 Å². The van der Waals surface area contributed by atoms with E-state index in [1.165, 1.54) is 0 Å². The molecule has 0 aromatic heterocycles. The van der Waals surface area contributed by atoms with Gasteiger partial charge in [-0.2, -0.15) is 10.2 Å². The Morgan fingerprint density at radius 1 is 1.00 bits per heavy atom. The zero-order valence-electron chi connectivity index (χ0n) is 8.69. The zero-order chi connectivity index (χ0) is 12.0. The molecule has 0 aliphatic heterocycles. The maximum Gasteiger partial charge on any atom is 0.184 e. The highest BCUT2D eigenvalue weighted by atomic mass is 32.1. The molecule has 1 rings (SSSR count). The topological polar surface area (TPSA) is 101 Å². The van der Waals surface area contributed by atoms with Gasteiger partial charge in [-0.05, 0) is 43.7 Å². The van der Waals surface area contributed by atoms with E-state index in [0.29, 0.717) is 6.42 Å². The Kier molecular flexibility index (Phi) is 5.06. The predicted molar refractivity (Wildman–Crippen MR) is 73.2 cm³/mol. The van der Waals surface area contributed by atoms with Crippen LogP contribution in [0.3, 0.4) is 0 Å². The molecular weight excluding hydrogens is 244 g/mol. The van der Waals surface area contributed by atoms with Crippen LogP contribution in [0.5, 0.6) is 0 Å². The number of nitrogens with two attached hydrogens (primary N) is 2. The first kappa shape index (κ1) is 12.8. The molecule has 1 saturated carbocycles. The predicted octanol–water partition coefficient (Wildman–Crippen LogP) is -0.0612. The molecule has 6 nitrogen and oxygen atoms in total. The van der Waals surface area contributed by atoms with Crippen molar-refractivity contribution in [3.8, 4) is 0 Å². The number of nitrogens with zero attached hydrogens (tertiary/aromatic N) is 2. The van der Waals surface area contributed by atoms with E-state index in [4.69, 9.17) is 11.5 Å². The smallest absolute Gasteiger partial charge is 0.184 e. The van der Waals surface area contributed by atoms with Gasteiger partial charge < -0.3 is 11.5 Å². The summed E-state index contributed by atoms with van der Waals surface area (Å²) < 4.78 is 0. The molecule has 0 amide bonds. The first-order valence-electron chi connectivity index (χ1n) is 4.79. The summed E-state index contributed by atoms with van der Waals surface area (Å²) in [5.41, 5.74) is 17.7. The molecular formula is C8H14N6S2. The molecule has 16 heavy (non-hydrogen) atoms. The summed E-state index contributed by atoms with van der Waals surface area (Å²) in [6, 6.07) is 0. The van der Waals surface area contributed by atoms with E-state index in [9.17, 15) is 0 Å². The molecule has 0 saturated heterocycles. The third-order valence-electron chi connectivity index (χ3n) is 1.99. The Balaban J connectivity index is 2.52. The highest BCUT2D eigenvalue weighted by Gasteiger charge is 2.13. The van der Waals surface area contributed by atoms with Crippen molar-refractivity contribution in [2.75, 3.05) is 0 Å². The van der Waals surface area contributed by atoms with Crippen molar-refractivity contribution in [2.45, 2.75) is 25.7 Å². The average molecular weight is 258 g/mol. The summed E-state index contributed by atoms with van der Waals surface area (Å²) in [4.78, 5) is 0. The summed E-state index contributed by atoms with van der Waals surface area (Å²) in [5.74, 6) is 0. The second-order valence-corrected chi connectivity index (χ2v) is 4.22. The van der Waals surface area contributed by atoms with Crippen LogP contribution in [-0.4, -0.2) is 21.6 Å². The van der Waals surface area contributed by atoms with Crippen LogP contribution in [0.25, 0.3) is 0 Å². The van der Waals surface area contributed by atoms with Crippen LogP contribution in [0, 0.1) is 0 Å². The van der Waals surface area contributed by atoms with Crippen LogP contribution in [0.2, 0.25) is 0 Å². The van der Waals surface area contributed by atoms with Crippen molar-refractivity contribution in [1.82, 2.24) is 10.9 Å². The van der Waals surface area contributed by atoms with E-state index >= 15 is 0 Å². The van der Waals surface area contributed by atoms with E-state index in [1.807, 2.05) is 0 Å². The van der Waals surface area contributed by atoms with Crippen LogP contribution in [0.1, 0.15) is 25.7 Å². The normalized spacial score (nSPS) is 20.8. The quantitative estimate of drug-likeness (QED) is 0.409. The minimum absolute atomic E-state index is 0.165. The van der Waals surface area contributed by atoms with Gasteiger partial charge in [-0.1, -0.05) is 0 Å². The van der Waals surface area contributed by atoms with Crippen LogP contribution in [-0.2, 0) is 0 Å². The second-order valence-electron chi connectivity index (χ2n) is 3.34. The van der Waals surface area contributed by atoms with Gasteiger partial charge in [0.25, 0.3) is 0 Å². The maximum atomic E-state index is 5.28. The molecule has 88 valence electrons. The van der Waals surface area contributed by atoms with Crippen LogP contribution in [0.4, 0.5) is 0 Å². The number of rotatable bonds is 2. The number of nitrogens with one attached hydrogen (secondary N) is 2. The van der Waals surface area contributed by atoms with Crippen molar-refractivity contribution in [3.63, 3.8) is 0 Å². The highest BCUT2D eigenvalue weighted by Crippen LogP contribution is 2.12. The molecule has 0 unspecified atom stereocenters. The molecule has 6 N–H and O–H groups in total. The standard InChI is InChI=1S/C8H14N6S2/c9-7(15)13-11-5-2-1-3-6(4-5)12-14-8(10)16/h1-4H2,(H3,9,13,15)(H3,10,14,16). The number of hydrogen-bond donors (Lipinski definition) is 4. The molecule has 0 aromatic rings. The minimum Gasteiger partial charge on any atom is -0.375 e. The molecule has 0 heterocycles. The van der Waals surface area contributed by atoms with Crippen molar-refractivity contribution < 1.29 is 0 Å². The Labute approximate surface area is 105 Å². The Morgan fingerprint density at radius 2 is 1.44 bits per heavy atom. The number of hydrazone groups is 2. The van der Waals surface area contributed by atoms with E-state index in [-0.39, 0.29) is 10.2 Å². The van der Waals surface area contributed by atoms with Gasteiger partial charge >= 0.3 is 0 Å². The molecule has 0 bridgehead atoms. The third kappa shape index (κ3) is 4.99. The third-order valence-corrected chi connectivity index (χ3v) is 2.17. The average Bonchev–Trinajstić information content (AvgIpc) is 2.24. The van der Waals surface area contributed by atoms with Crippen molar-refractivity contribution in [1.29, 1.82) is 0 Å². The summed E-state index contributed by atoms with van der Waals surface area (Å²) in [5, 5.41) is 8.50. The first-order chi connectivity index (χ1) is 7.58. The van der Waals surface area contributed by atoms with Crippen LogP contribution in [0.15, 0.2) is 10.2 Å². The lowest BCUT2D eigenvalue weighted by Crippen LogP contribution is -2.29. The van der Waals surface area contributed by atoms with Gasteiger partial charge in [0.1, 0.15) is 0 Å². The van der Waals surface area contributed by atoms with Gasteiger partial charge in [0, 0.05) is 17.8 Å². The van der Waals surface area contributed by atoms with Crippen LogP contribution >= 0.6 is 24.4 Å². The molecule has 1 aliphatic rings. The summed E-state index contributed by atoms with van der Waals surface area (Å²) >= 11 is 9.32. The van der Waals surface area contributed by atoms with Gasteiger partial charge in [0.2, 0.25) is 0 Å². The molecule has 1 aliphatic carbocycles. The lowest BCUT2D eigenvalue weighted by molar-refractivity contribution is 0.840. The fourth-order valence-electron chi connectivity index (χ4n) is 1.37. The lowest BCUT2D eigenvalue weighted by Gasteiger charge is -2.15. The van der Waals surface area contributed by atoms with Crippen molar-refractivity contribution >= 4 is 46.1 Å². The first-order valence-corrected chi connectivity index (χ1v) is 5.61. The second kappa shape index (κ2) is 6.33. The highest BCUT2D eigenvalue weighted by molar-refractivity contribution is 7.80. The fraction of sp³-hybridized carbons (Fsp3) is 0.500. The van der Waals surface area contributed by atoms with Crippen LogP contribution < -0.4 is 22.3 Å². The Hall–Kier alpha value is -1.28. The molecule has 1 fully saturated rings. The van der Waals surface area contributed by atoms with Gasteiger partial charge in [0.05, 0.1) is 0 Å². The summed E-state index contributed by atoms with van der Waals surface area (Å²) in [7, 11) is 0. The SMILES string of the molecule is NC(=S)NN=C1CCCC(=NNC(N)=S)C1. The Morgan fingerprint density at radius 3 is 1.81 bits per heavy atom. The molecule has 0 spiro atoms. The Bertz CT molecular complexity index is 316. The van der Waals surface area contributed by atoms with Gasteiger partial charge in [0.15, 0.2) is 10.2 Å². The zero-order valence-corrected chi connectivity index (χ0v) is 10.3. The van der Waals surface area contributed by atoms with Crippen molar-refractivity contribution in [2.24, 2.45) is 21.7 Å². The molecule has 0 radical (unpaired) electrons. The maximum absolute atomic E-state index is 5.28. The van der Waals surface area contributed by atoms with Gasteiger partial charge in [-0.25, -0.2) is 0 Å². The molecule has 8 heteroatoms. The number of thiocarbonyl (C=S) groups is 2. The monoisotopic (exact) mass is 258 g/mol.